The van der Waals surface area contributed by atoms with Crippen molar-refractivity contribution in [2.24, 2.45) is 0 Å². The zero-order valence-corrected chi connectivity index (χ0v) is 16.3. The fourth-order valence-electron chi connectivity index (χ4n) is 2.79. The van der Waals surface area contributed by atoms with Crippen LogP contribution in [0.2, 0.25) is 0 Å². The summed E-state index contributed by atoms with van der Waals surface area (Å²) in [5.74, 6) is 0.00790. The zero-order valence-electron chi connectivity index (χ0n) is 14.6. The van der Waals surface area contributed by atoms with Gasteiger partial charge in [0.15, 0.2) is 0 Å². The van der Waals surface area contributed by atoms with Crippen molar-refractivity contribution in [1.82, 2.24) is 10.2 Å². The first-order chi connectivity index (χ1) is 13.8. The van der Waals surface area contributed by atoms with Crippen LogP contribution in [0.3, 0.4) is 0 Å². The van der Waals surface area contributed by atoms with Crippen molar-refractivity contribution >= 4 is 44.8 Å². The van der Waals surface area contributed by atoms with Gasteiger partial charge >= 0.3 is 0 Å². The van der Waals surface area contributed by atoms with E-state index in [0.29, 0.717) is 15.6 Å². The summed E-state index contributed by atoms with van der Waals surface area (Å²) >= 11 is 2.67. The molecule has 0 unspecified atom stereocenters. The molecule has 28 heavy (non-hydrogen) atoms. The maximum absolute atomic E-state index is 12.3. The maximum atomic E-state index is 12.3. The van der Waals surface area contributed by atoms with Crippen molar-refractivity contribution in [2.45, 2.75) is 5.03 Å². The molecule has 4 rings (SSSR count). The van der Waals surface area contributed by atoms with E-state index in [-0.39, 0.29) is 11.7 Å². The fourth-order valence-corrected chi connectivity index (χ4v) is 4.31. The number of hydrogen-bond donors (Lipinski definition) is 1. The quantitative estimate of drug-likeness (QED) is 0.477. The summed E-state index contributed by atoms with van der Waals surface area (Å²) in [6.45, 7) is 0. The molecule has 2 heterocycles. The first-order valence-corrected chi connectivity index (χ1v) is 10.3. The Balaban J connectivity index is 1.57. The normalized spacial score (nSPS) is 10.5. The zero-order chi connectivity index (χ0) is 19.3. The Morgan fingerprint density at radius 1 is 1.04 bits per heavy atom. The first kappa shape index (κ1) is 18.2. The van der Waals surface area contributed by atoms with Gasteiger partial charge in [-0.2, -0.15) is 5.26 Å². The van der Waals surface area contributed by atoms with Crippen LogP contribution >= 0.6 is 23.1 Å². The van der Waals surface area contributed by atoms with Crippen LogP contribution in [-0.2, 0) is 4.79 Å². The summed E-state index contributed by atoms with van der Waals surface area (Å²) < 4.78 is 0. The average Bonchev–Trinajstić information content (AvgIpc) is 3.19. The second-order valence-electron chi connectivity index (χ2n) is 5.88. The smallest absolute Gasteiger partial charge is 0.235 e. The molecule has 0 aliphatic carbocycles. The molecule has 4 aromatic rings. The van der Waals surface area contributed by atoms with Crippen LogP contribution in [0.5, 0.6) is 0 Å². The van der Waals surface area contributed by atoms with E-state index in [1.807, 2.05) is 54.6 Å². The van der Waals surface area contributed by atoms with Crippen molar-refractivity contribution in [1.29, 1.82) is 5.26 Å². The number of aromatic nitrogens is 2. The third-order valence-electron chi connectivity index (χ3n) is 4.08. The largest absolute Gasteiger partial charge is 0.316 e. The van der Waals surface area contributed by atoms with E-state index in [2.05, 4.69) is 21.6 Å². The highest BCUT2D eigenvalue weighted by Crippen LogP contribution is 2.31. The number of thioether (sulfide) groups is 1. The van der Waals surface area contributed by atoms with Crippen LogP contribution in [-0.4, -0.2) is 21.9 Å². The number of hydrogen-bond acceptors (Lipinski definition) is 6. The van der Waals surface area contributed by atoms with Crippen LogP contribution in [0.25, 0.3) is 22.0 Å². The highest BCUT2D eigenvalue weighted by Gasteiger charge is 2.13. The molecule has 2 aromatic carbocycles. The molecule has 1 amide bonds. The number of nitriles is 1. The molecule has 0 spiro atoms. The number of benzene rings is 2. The summed E-state index contributed by atoms with van der Waals surface area (Å²) in [7, 11) is 0. The van der Waals surface area contributed by atoms with Gasteiger partial charge in [-0.25, -0.2) is 0 Å². The van der Waals surface area contributed by atoms with Gasteiger partial charge < -0.3 is 5.32 Å². The number of rotatable bonds is 5. The number of anilines is 1. The van der Waals surface area contributed by atoms with Gasteiger partial charge in [0, 0.05) is 16.3 Å². The lowest BCUT2D eigenvalue weighted by Crippen LogP contribution is -2.14. The Kier molecular flexibility index (Phi) is 5.33. The van der Waals surface area contributed by atoms with Crippen LogP contribution in [0, 0.1) is 11.3 Å². The molecular weight excluding hydrogens is 388 g/mol. The molecule has 0 aliphatic rings. The number of thiophene rings is 1. The monoisotopic (exact) mass is 402 g/mol. The molecule has 0 saturated heterocycles. The standard InChI is InChI=1S/C21H14N4OS2/c22-12-15-10-11-27-20(15)23-18(26)13-28-21-17-9-5-4-8-16(17)19(24-25-21)14-6-2-1-3-7-14/h1-11H,13H2,(H,23,26). The van der Waals surface area contributed by atoms with Crippen molar-refractivity contribution in [3.05, 3.63) is 71.6 Å². The maximum Gasteiger partial charge on any atom is 0.235 e. The van der Waals surface area contributed by atoms with Crippen molar-refractivity contribution in [3.63, 3.8) is 0 Å². The second-order valence-corrected chi connectivity index (χ2v) is 7.76. The summed E-state index contributed by atoms with van der Waals surface area (Å²) in [6.07, 6.45) is 0. The third kappa shape index (κ3) is 3.74. The van der Waals surface area contributed by atoms with Gasteiger partial charge in [0.2, 0.25) is 5.91 Å². The number of carbonyl (C=O) groups excluding carboxylic acids is 1. The third-order valence-corrected chi connectivity index (χ3v) is 5.89. The number of carbonyl (C=O) groups is 1. The molecular formula is C21H14N4OS2. The number of fused-ring (bicyclic) bond motifs is 1. The van der Waals surface area contributed by atoms with E-state index in [0.717, 1.165) is 22.0 Å². The Morgan fingerprint density at radius 3 is 2.57 bits per heavy atom. The molecule has 0 saturated carbocycles. The van der Waals surface area contributed by atoms with Crippen LogP contribution in [0.15, 0.2) is 71.1 Å². The minimum Gasteiger partial charge on any atom is -0.316 e. The summed E-state index contributed by atoms with van der Waals surface area (Å²) in [5.41, 5.74) is 2.30. The van der Waals surface area contributed by atoms with E-state index in [1.165, 1.54) is 23.1 Å². The molecule has 7 heteroatoms. The predicted molar refractivity (Wildman–Crippen MR) is 113 cm³/mol. The van der Waals surface area contributed by atoms with E-state index in [9.17, 15) is 4.79 Å². The fraction of sp³-hybridized carbons (Fsp3) is 0.0476. The van der Waals surface area contributed by atoms with Crippen molar-refractivity contribution in [3.8, 4) is 17.3 Å². The highest BCUT2D eigenvalue weighted by atomic mass is 32.2. The van der Waals surface area contributed by atoms with Gasteiger partial charge in [-0.15, -0.1) is 21.5 Å². The predicted octanol–water partition coefficient (Wildman–Crippen LogP) is 4.96. The van der Waals surface area contributed by atoms with E-state index < -0.39 is 0 Å². The molecule has 0 radical (unpaired) electrons. The van der Waals surface area contributed by atoms with Gasteiger partial charge in [-0.1, -0.05) is 66.4 Å². The first-order valence-electron chi connectivity index (χ1n) is 8.47. The molecule has 0 aliphatic heterocycles. The molecule has 0 bridgehead atoms. The summed E-state index contributed by atoms with van der Waals surface area (Å²) in [5, 5.41) is 25.6. The van der Waals surface area contributed by atoms with Crippen LogP contribution < -0.4 is 5.32 Å². The number of nitrogens with zero attached hydrogens (tertiary/aromatic N) is 3. The Morgan fingerprint density at radius 2 is 1.79 bits per heavy atom. The van der Waals surface area contributed by atoms with Crippen molar-refractivity contribution < 1.29 is 4.79 Å². The highest BCUT2D eigenvalue weighted by molar-refractivity contribution is 8.00. The minimum absolute atomic E-state index is 0.179. The lowest BCUT2D eigenvalue weighted by atomic mass is 10.1. The van der Waals surface area contributed by atoms with E-state index in [1.54, 1.807) is 11.4 Å². The Labute approximate surface area is 170 Å². The average molecular weight is 403 g/mol. The van der Waals surface area contributed by atoms with E-state index >= 15 is 0 Å². The lowest BCUT2D eigenvalue weighted by molar-refractivity contribution is -0.113. The molecule has 0 atom stereocenters. The molecule has 1 N–H and O–H groups in total. The Hall–Kier alpha value is -3.21. The van der Waals surface area contributed by atoms with Gasteiger partial charge in [0.25, 0.3) is 0 Å². The van der Waals surface area contributed by atoms with Crippen LogP contribution in [0.1, 0.15) is 5.56 Å². The number of nitrogens with one attached hydrogen (secondary N) is 1. The number of amides is 1. The molecule has 5 nitrogen and oxygen atoms in total. The lowest BCUT2D eigenvalue weighted by Gasteiger charge is -2.09. The second kappa shape index (κ2) is 8.21. The summed E-state index contributed by atoms with van der Waals surface area (Å²) in [6, 6.07) is 21.6. The molecule has 2 aromatic heterocycles. The van der Waals surface area contributed by atoms with Crippen LogP contribution in [0.4, 0.5) is 5.00 Å². The van der Waals surface area contributed by atoms with E-state index in [4.69, 9.17) is 5.26 Å². The molecule has 136 valence electrons. The molecule has 0 fully saturated rings. The van der Waals surface area contributed by atoms with Gasteiger partial charge in [-0.3, -0.25) is 4.79 Å². The van der Waals surface area contributed by atoms with Gasteiger partial charge in [-0.05, 0) is 11.4 Å². The van der Waals surface area contributed by atoms with Crippen molar-refractivity contribution in [2.75, 3.05) is 11.1 Å². The minimum atomic E-state index is -0.179. The topological polar surface area (TPSA) is 78.7 Å². The Bertz CT molecular complexity index is 1180. The van der Waals surface area contributed by atoms with Gasteiger partial charge in [0.1, 0.15) is 21.8 Å². The summed E-state index contributed by atoms with van der Waals surface area (Å²) in [4.78, 5) is 12.3. The van der Waals surface area contributed by atoms with Gasteiger partial charge in [0.05, 0.1) is 11.3 Å². The SMILES string of the molecule is N#Cc1ccsc1NC(=O)CSc1nnc(-c2ccccc2)c2ccccc12.